The summed E-state index contributed by atoms with van der Waals surface area (Å²) in [6, 6.07) is 9.98. The molecule has 2 aromatic rings. The van der Waals surface area contributed by atoms with Crippen LogP contribution in [0.5, 0.6) is 0 Å². The first-order valence-electron chi connectivity index (χ1n) is 6.19. The van der Waals surface area contributed by atoms with Gasteiger partial charge in [-0.25, -0.2) is 14.2 Å². The van der Waals surface area contributed by atoms with Crippen molar-refractivity contribution in [3.63, 3.8) is 0 Å². The number of hydrogen-bond acceptors (Lipinski definition) is 3. The number of ether oxygens (including phenoxy) is 1. The monoisotopic (exact) mass is 288 g/mol. The van der Waals surface area contributed by atoms with E-state index in [1.54, 1.807) is 12.1 Å². The largest absolute Gasteiger partial charge is 0.466 e. The molecule has 0 bridgehead atoms. The Morgan fingerprint density at radius 2 is 1.76 bits per heavy atom. The Morgan fingerprint density at radius 1 is 1.05 bits per heavy atom. The molecule has 1 aliphatic heterocycles. The fraction of sp³-hybridized carbons (Fsp3) is 0.0667. The van der Waals surface area contributed by atoms with E-state index >= 15 is 0 Å². The number of carbonyl (C=O) groups is 1. The molecule has 1 aliphatic rings. The maximum Gasteiger partial charge on any atom is 0.278 e. The summed E-state index contributed by atoms with van der Waals surface area (Å²) in [7, 11) is 0. The van der Waals surface area contributed by atoms with Crippen LogP contribution >= 0.6 is 0 Å². The summed E-state index contributed by atoms with van der Waals surface area (Å²) < 4.78 is 32.2. The molecular weight excluding hydrogens is 278 g/mol. The maximum atomic E-state index is 14.2. The van der Waals surface area contributed by atoms with Crippen LogP contribution in [0.25, 0.3) is 11.1 Å². The Kier molecular flexibility index (Phi) is 3.35. The van der Waals surface area contributed by atoms with Crippen LogP contribution in [0.2, 0.25) is 0 Å². The number of amides is 1. The van der Waals surface area contributed by atoms with Crippen molar-refractivity contribution in [1.29, 1.82) is 0 Å². The molecule has 2 aromatic carbocycles. The number of benzene rings is 2. The molecular formula is C15H10F2N2O2. The van der Waals surface area contributed by atoms with E-state index < -0.39 is 5.82 Å². The molecule has 0 fully saturated rings. The standard InChI is InChI=1S/C15H10F2N2O2/c16-11-4-1-9(2-5-11)12-6-3-10(7-13(12)17)15-19-18-14(20)8-21-15/h1-7H,8H2,(H,18,20). The van der Waals surface area contributed by atoms with Crippen molar-refractivity contribution in [2.24, 2.45) is 5.10 Å². The molecule has 106 valence electrons. The minimum absolute atomic E-state index is 0.152. The van der Waals surface area contributed by atoms with Gasteiger partial charge in [-0.15, -0.1) is 5.10 Å². The molecule has 3 rings (SSSR count). The molecule has 0 atom stereocenters. The average molecular weight is 288 g/mol. The fourth-order valence-electron chi connectivity index (χ4n) is 1.97. The number of halogens is 2. The average Bonchev–Trinajstić information content (AvgIpc) is 2.49. The Labute approximate surface area is 119 Å². The summed E-state index contributed by atoms with van der Waals surface area (Å²) in [6.45, 7) is -0.153. The van der Waals surface area contributed by atoms with Gasteiger partial charge in [-0.1, -0.05) is 18.2 Å². The molecule has 0 aromatic heterocycles. The van der Waals surface area contributed by atoms with Gasteiger partial charge in [-0.2, -0.15) is 0 Å². The smallest absolute Gasteiger partial charge is 0.278 e. The second kappa shape index (κ2) is 5.32. The predicted octanol–water partition coefficient (Wildman–Crippen LogP) is 2.44. The molecule has 1 heterocycles. The molecule has 0 saturated carbocycles. The normalized spacial score (nSPS) is 14.2. The first-order chi connectivity index (χ1) is 10.1. The van der Waals surface area contributed by atoms with Gasteiger partial charge in [0, 0.05) is 11.1 Å². The molecule has 21 heavy (non-hydrogen) atoms. The van der Waals surface area contributed by atoms with Gasteiger partial charge >= 0.3 is 0 Å². The van der Waals surface area contributed by atoms with Crippen molar-refractivity contribution < 1.29 is 18.3 Å². The number of rotatable bonds is 2. The highest BCUT2D eigenvalue weighted by molar-refractivity contribution is 5.98. The lowest BCUT2D eigenvalue weighted by Gasteiger charge is -2.14. The third-order valence-corrected chi connectivity index (χ3v) is 2.99. The second-order valence-electron chi connectivity index (χ2n) is 4.44. The van der Waals surface area contributed by atoms with E-state index in [4.69, 9.17) is 4.74 Å². The van der Waals surface area contributed by atoms with Gasteiger partial charge < -0.3 is 4.74 Å². The van der Waals surface area contributed by atoms with Crippen molar-refractivity contribution >= 4 is 11.8 Å². The first kappa shape index (κ1) is 13.2. The van der Waals surface area contributed by atoms with Gasteiger partial charge in [-0.05, 0) is 29.8 Å². The van der Waals surface area contributed by atoms with Crippen LogP contribution in [0.1, 0.15) is 5.56 Å². The quantitative estimate of drug-likeness (QED) is 0.922. The van der Waals surface area contributed by atoms with Gasteiger partial charge in [0.2, 0.25) is 5.90 Å². The Morgan fingerprint density at radius 3 is 2.38 bits per heavy atom. The summed E-state index contributed by atoms with van der Waals surface area (Å²) in [6.07, 6.45) is 0. The topological polar surface area (TPSA) is 50.7 Å². The van der Waals surface area contributed by atoms with Crippen molar-refractivity contribution in [2.75, 3.05) is 6.61 Å². The SMILES string of the molecule is O=C1COC(c2ccc(-c3ccc(F)cc3)c(F)c2)=NN1. The van der Waals surface area contributed by atoms with Crippen molar-refractivity contribution in [3.8, 4) is 11.1 Å². The molecule has 1 amide bonds. The van der Waals surface area contributed by atoms with Crippen molar-refractivity contribution in [3.05, 3.63) is 59.7 Å². The van der Waals surface area contributed by atoms with Crippen LogP contribution < -0.4 is 5.43 Å². The summed E-state index contributed by atoms with van der Waals surface area (Å²) in [5, 5.41) is 3.71. The van der Waals surface area contributed by atoms with Crippen LogP contribution in [0, 0.1) is 11.6 Å². The van der Waals surface area contributed by atoms with Crippen molar-refractivity contribution in [2.45, 2.75) is 0 Å². The van der Waals surface area contributed by atoms with Crippen LogP contribution in [-0.4, -0.2) is 18.4 Å². The maximum absolute atomic E-state index is 14.2. The lowest BCUT2D eigenvalue weighted by atomic mass is 10.0. The van der Waals surface area contributed by atoms with E-state index in [9.17, 15) is 13.6 Å². The number of nitrogens with zero attached hydrogens (tertiary/aromatic N) is 1. The molecule has 0 spiro atoms. The second-order valence-corrected chi connectivity index (χ2v) is 4.44. The highest BCUT2D eigenvalue weighted by Gasteiger charge is 2.16. The molecule has 0 saturated heterocycles. The third kappa shape index (κ3) is 2.74. The lowest BCUT2D eigenvalue weighted by molar-refractivity contribution is -0.124. The number of hydrogen-bond donors (Lipinski definition) is 1. The summed E-state index contributed by atoms with van der Waals surface area (Å²) in [5.41, 5.74) is 3.59. The van der Waals surface area contributed by atoms with Crippen LogP contribution in [-0.2, 0) is 9.53 Å². The number of carbonyl (C=O) groups excluding carboxylic acids is 1. The van der Waals surface area contributed by atoms with Gasteiger partial charge in [0.05, 0.1) is 0 Å². The summed E-state index contributed by atoms with van der Waals surface area (Å²) in [5.74, 6) is -1.07. The van der Waals surface area contributed by atoms with Gasteiger partial charge in [0.25, 0.3) is 5.91 Å². The van der Waals surface area contributed by atoms with E-state index in [1.807, 2.05) is 0 Å². The minimum atomic E-state index is -0.484. The zero-order valence-electron chi connectivity index (χ0n) is 10.8. The van der Waals surface area contributed by atoms with Gasteiger partial charge in [-0.3, -0.25) is 4.79 Å². The van der Waals surface area contributed by atoms with E-state index in [1.165, 1.54) is 30.3 Å². The molecule has 0 aliphatic carbocycles. The van der Waals surface area contributed by atoms with E-state index in [-0.39, 0.29) is 24.2 Å². The van der Waals surface area contributed by atoms with Gasteiger partial charge in [0.1, 0.15) is 11.6 Å². The predicted molar refractivity (Wildman–Crippen MR) is 72.4 cm³/mol. The van der Waals surface area contributed by atoms with E-state index in [0.717, 1.165) is 0 Å². The summed E-state index contributed by atoms with van der Waals surface area (Å²) >= 11 is 0. The molecule has 1 N–H and O–H groups in total. The first-order valence-corrected chi connectivity index (χ1v) is 6.19. The zero-order chi connectivity index (χ0) is 14.8. The van der Waals surface area contributed by atoms with E-state index in [0.29, 0.717) is 16.7 Å². The molecule has 4 nitrogen and oxygen atoms in total. The highest BCUT2D eigenvalue weighted by Crippen LogP contribution is 2.24. The molecule has 0 radical (unpaired) electrons. The van der Waals surface area contributed by atoms with Crippen molar-refractivity contribution in [1.82, 2.24) is 5.43 Å². The van der Waals surface area contributed by atoms with Crippen LogP contribution in [0.15, 0.2) is 47.6 Å². The van der Waals surface area contributed by atoms with Crippen LogP contribution in [0.3, 0.4) is 0 Å². The fourth-order valence-corrected chi connectivity index (χ4v) is 1.97. The highest BCUT2D eigenvalue weighted by atomic mass is 19.1. The Hall–Kier alpha value is -2.76. The Bertz CT molecular complexity index is 727. The summed E-state index contributed by atoms with van der Waals surface area (Å²) in [4.78, 5) is 10.9. The number of hydrazone groups is 1. The van der Waals surface area contributed by atoms with E-state index in [2.05, 4.69) is 10.5 Å². The van der Waals surface area contributed by atoms with Crippen LogP contribution in [0.4, 0.5) is 8.78 Å². The third-order valence-electron chi connectivity index (χ3n) is 2.99. The molecule has 0 unspecified atom stereocenters. The minimum Gasteiger partial charge on any atom is -0.466 e. The Balaban J connectivity index is 1.93. The zero-order valence-corrected chi connectivity index (χ0v) is 10.8. The molecule has 6 heteroatoms. The lowest BCUT2D eigenvalue weighted by Crippen LogP contribution is -2.32. The number of nitrogens with one attached hydrogen (secondary N) is 1. The van der Waals surface area contributed by atoms with Gasteiger partial charge in [0.15, 0.2) is 6.61 Å².